The number of aliphatic carboxylic acids is 1. The van der Waals surface area contributed by atoms with Crippen molar-refractivity contribution < 1.29 is 19.4 Å². The van der Waals surface area contributed by atoms with Crippen LogP contribution in [0.25, 0.3) is 0 Å². The van der Waals surface area contributed by atoms with Gasteiger partial charge in [0.05, 0.1) is 18.1 Å². The van der Waals surface area contributed by atoms with Crippen molar-refractivity contribution in [1.29, 1.82) is 0 Å². The Bertz CT molecular complexity index is 1210. The first kappa shape index (κ1) is 23.9. The second-order valence-electron chi connectivity index (χ2n) is 10.3. The molecule has 2 aliphatic heterocycles. The fourth-order valence-electron chi connectivity index (χ4n) is 5.61. The first-order valence-electron chi connectivity index (χ1n) is 12.3. The van der Waals surface area contributed by atoms with Gasteiger partial charge in [-0.2, -0.15) is 0 Å². The van der Waals surface area contributed by atoms with E-state index in [0.29, 0.717) is 24.3 Å². The van der Waals surface area contributed by atoms with Gasteiger partial charge in [0.25, 0.3) is 0 Å². The molecular weight excluding hydrogens is 460 g/mol. The monoisotopic (exact) mass is 490 g/mol. The lowest BCUT2D eigenvalue weighted by Crippen LogP contribution is -2.52. The van der Waals surface area contributed by atoms with Crippen LogP contribution in [-0.4, -0.2) is 22.8 Å². The standard InChI is InChI=1S/C30H31ClO4/c1-30(2)25-18-24(29(32)33)26(13-11-20-9-6-10-22(31)16-20)34-28(25)23-17-21(12-14-27(23)35-30)15-19-7-4-3-5-8-19/h3-10,12,14,16-17,24-26,28H,11,13,15,18H2,1-2H3,(H,32,33)/t24-,25+,26+,28-/m1/s1. The second-order valence-corrected chi connectivity index (χ2v) is 10.7. The van der Waals surface area contributed by atoms with Gasteiger partial charge >= 0.3 is 5.97 Å². The zero-order valence-corrected chi connectivity index (χ0v) is 20.9. The van der Waals surface area contributed by atoms with Crippen molar-refractivity contribution in [3.8, 4) is 5.75 Å². The Kier molecular flexibility index (Phi) is 6.61. The van der Waals surface area contributed by atoms with Crippen LogP contribution in [-0.2, 0) is 22.4 Å². The SMILES string of the molecule is CC1(C)Oc2ccc(Cc3ccccc3)cc2[C@H]2O[C@@H](CCc3cccc(Cl)c3)[C@H](C(=O)O)C[C@@H]21. The van der Waals surface area contributed by atoms with E-state index in [-0.39, 0.29) is 18.1 Å². The highest BCUT2D eigenvalue weighted by atomic mass is 35.5. The minimum Gasteiger partial charge on any atom is -0.487 e. The summed E-state index contributed by atoms with van der Waals surface area (Å²) in [6, 6.07) is 24.5. The van der Waals surface area contributed by atoms with Gasteiger partial charge in [0.2, 0.25) is 0 Å². The molecule has 4 atom stereocenters. The van der Waals surface area contributed by atoms with Gasteiger partial charge in [0.15, 0.2) is 0 Å². The van der Waals surface area contributed by atoms with Gasteiger partial charge in [-0.25, -0.2) is 0 Å². The Balaban J connectivity index is 1.43. The summed E-state index contributed by atoms with van der Waals surface area (Å²) in [5, 5.41) is 10.8. The number of hydrogen-bond donors (Lipinski definition) is 1. The highest BCUT2D eigenvalue weighted by molar-refractivity contribution is 6.30. The number of benzene rings is 3. The zero-order valence-electron chi connectivity index (χ0n) is 20.1. The Morgan fingerprint density at radius 1 is 1.00 bits per heavy atom. The summed E-state index contributed by atoms with van der Waals surface area (Å²) in [4.78, 5) is 12.3. The number of ether oxygens (including phenoxy) is 2. The highest BCUT2D eigenvalue weighted by Gasteiger charge is 2.51. The van der Waals surface area contributed by atoms with Crippen LogP contribution in [0.1, 0.15) is 55.0 Å². The predicted molar refractivity (Wildman–Crippen MR) is 137 cm³/mol. The summed E-state index contributed by atoms with van der Waals surface area (Å²) in [5.41, 5.74) is 4.03. The molecular formula is C30H31ClO4. The quantitative estimate of drug-likeness (QED) is 0.409. The average Bonchev–Trinajstić information content (AvgIpc) is 2.83. The molecule has 3 aromatic carbocycles. The molecule has 0 aliphatic carbocycles. The van der Waals surface area contributed by atoms with Gasteiger partial charge in [-0.3, -0.25) is 4.79 Å². The summed E-state index contributed by atoms with van der Waals surface area (Å²) in [6.45, 7) is 4.08. The molecule has 0 bridgehead atoms. The molecule has 0 radical (unpaired) electrons. The van der Waals surface area contributed by atoms with Crippen molar-refractivity contribution in [3.63, 3.8) is 0 Å². The fraction of sp³-hybridized carbons (Fsp3) is 0.367. The maximum absolute atomic E-state index is 12.3. The van der Waals surface area contributed by atoms with E-state index < -0.39 is 17.5 Å². The van der Waals surface area contributed by atoms with E-state index in [1.54, 1.807) is 0 Å². The number of halogens is 1. The second kappa shape index (κ2) is 9.67. The number of hydrogen-bond acceptors (Lipinski definition) is 3. The molecule has 1 saturated heterocycles. The largest absolute Gasteiger partial charge is 0.487 e. The molecule has 5 rings (SSSR count). The number of carbonyl (C=O) groups is 1. The van der Waals surface area contributed by atoms with Crippen LogP contribution in [0.5, 0.6) is 5.75 Å². The molecule has 2 aliphatic rings. The smallest absolute Gasteiger partial charge is 0.309 e. The van der Waals surface area contributed by atoms with E-state index in [1.165, 1.54) is 11.1 Å². The third kappa shape index (κ3) is 5.10. The van der Waals surface area contributed by atoms with Gasteiger partial charge in [0, 0.05) is 16.5 Å². The van der Waals surface area contributed by atoms with Crippen molar-refractivity contribution in [2.45, 2.75) is 57.3 Å². The summed E-state index contributed by atoms with van der Waals surface area (Å²) in [5.74, 6) is -0.604. The number of aryl methyl sites for hydroxylation is 1. The molecule has 0 saturated carbocycles. The Labute approximate surface area is 211 Å². The van der Waals surface area contributed by atoms with Crippen LogP contribution >= 0.6 is 11.6 Å². The van der Waals surface area contributed by atoms with E-state index in [9.17, 15) is 9.90 Å². The summed E-state index contributed by atoms with van der Waals surface area (Å²) in [6.07, 6.45) is 2.10. The number of rotatable bonds is 6. The maximum Gasteiger partial charge on any atom is 0.309 e. The summed E-state index contributed by atoms with van der Waals surface area (Å²) < 4.78 is 13.1. The van der Waals surface area contributed by atoms with Crippen molar-refractivity contribution in [1.82, 2.24) is 0 Å². The summed E-state index contributed by atoms with van der Waals surface area (Å²) >= 11 is 6.16. The van der Waals surface area contributed by atoms with E-state index >= 15 is 0 Å². The normalized spacial score (nSPS) is 24.7. The van der Waals surface area contributed by atoms with Crippen molar-refractivity contribution in [2.24, 2.45) is 11.8 Å². The van der Waals surface area contributed by atoms with E-state index in [1.807, 2.05) is 50.2 Å². The van der Waals surface area contributed by atoms with Crippen LogP contribution < -0.4 is 4.74 Å². The molecule has 0 spiro atoms. The Hall–Kier alpha value is -2.82. The van der Waals surface area contributed by atoms with Crippen LogP contribution in [0.15, 0.2) is 72.8 Å². The maximum atomic E-state index is 12.3. The van der Waals surface area contributed by atoms with Crippen LogP contribution in [0.4, 0.5) is 0 Å². The molecule has 2 heterocycles. The Morgan fingerprint density at radius 3 is 2.51 bits per heavy atom. The number of fused-ring (bicyclic) bond motifs is 3. The molecule has 0 amide bonds. The van der Waals surface area contributed by atoms with Crippen molar-refractivity contribution in [2.75, 3.05) is 0 Å². The lowest BCUT2D eigenvalue weighted by Gasteiger charge is -2.50. The third-order valence-electron chi connectivity index (χ3n) is 7.47. The van der Waals surface area contributed by atoms with Gasteiger partial charge in [0.1, 0.15) is 11.4 Å². The minimum atomic E-state index is -0.807. The van der Waals surface area contributed by atoms with Crippen LogP contribution in [0, 0.1) is 11.8 Å². The van der Waals surface area contributed by atoms with Gasteiger partial charge in [-0.15, -0.1) is 0 Å². The molecule has 1 fully saturated rings. The molecule has 1 N–H and O–H groups in total. The Morgan fingerprint density at radius 2 is 1.77 bits per heavy atom. The first-order chi connectivity index (χ1) is 16.8. The third-order valence-corrected chi connectivity index (χ3v) is 7.70. The van der Waals surface area contributed by atoms with Gasteiger partial charge < -0.3 is 14.6 Å². The predicted octanol–water partition coefficient (Wildman–Crippen LogP) is 6.88. The summed E-state index contributed by atoms with van der Waals surface area (Å²) in [7, 11) is 0. The van der Waals surface area contributed by atoms with Gasteiger partial charge in [-0.1, -0.05) is 60.1 Å². The molecule has 0 unspecified atom stereocenters. The zero-order chi connectivity index (χ0) is 24.6. The molecule has 3 aromatic rings. The van der Waals surface area contributed by atoms with Crippen molar-refractivity contribution in [3.05, 3.63) is 100 Å². The molecule has 35 heavy (non-hydrogen) atoms. The lowest BCUT2D eigenvalue weighted by atomic mass is 9.71. The molecule has 5 heteroatoms. The van der Waals surface area contributed by atoms with Crippen LogP contribution in [0.3, 0.4) is 0 Å². The molecule has 4 nitrogen and oxygen atoms in total. The van der Waals surface area contributed by atoms with E-state index in [2.05, 4.69) is 36.4 Å². The first-order valence-corrected chi connectivity index (χ1v) is 12.7. The lowest BCUT2D eigenvalue weighted by molar-refractivity contribution is -0.188. The molecule has 0 aromatic heterocycles. The van der Waals surface area contributed by atoms with Crippen molar-refractivity contribution >= 4 is 17.6 Å². The van der Waals surface area contributed by atoms with E-state index in [4.69, 9.17) is 21.1 Å². The number of carboxylic acid groups (broad SMARTS) is 1. The average molecular weight is 491 g/mol. The number of carboxylic acids is 1. The van der Waals surface area contributed by atoms with Crippen LogP contribution in [0.2, 0.25) is 5.02 Å². The molecule has 182 valence electrons. The van der Waals surface area contributed by atoms with E-state index in [0.717, 1.165) is 23.3 Å². The topological polar surface area (TPSA) is 55.8 Å². The minimum absolute atomic E-state index is 0.0505. The van der Waals surface area contributed by atoms with Gasteiger partial charge in [-0.05, 0) is 80.5 Å². The fourth-order valence-corrected chi connectivity index (χ4v) is 5.82. The highest BCUT2D eigenvalue weighted by Crippen LogP contribution is 2.52.